The molecular weight excluding hydrogens is 330 g/mol. The number of amides is 1. The van der Waals surface area contributed by atoms with E-state index in [0.29, 0.717) is 13.1 Å². The first-order valence-electron chi connectivity index (χ1n) is 7.92. The summed E-state index contributed by atoms with van der Waals surface area (Å²) in [5.41, 5.74) is 5.30. The van der Waals surface area contributed by atoms with Crippen LogP contribution in [0.15, 0.2) is 23.1 Å². The van der Waals surface area contributed by atoms with Crippen molar-refractivity contribution in [3.8, 4) is 5.75 Å². The molecule has 0 bridgehead atoms. The van der Waals surface area contributed by atoms with Crippen molar-refractivity contribution in [3.05, 3.63) is 23.8 Å². The molecular formula is C16H25N3O4S. The van der Waals surface area contributed by atoms with Gasteiger partial charge in [-0.15, -0.1) is 0 Å². The van der Waals surface area contributed by atoms with Gasteiger partial charge in [-0.05, 0) is 44.9 Å². The van der Waals surface area contributed by atoms with Crippen LogP contribution < -0.4 is 15.8 Å². The summed E-state index contributed by atoms with van der Waals surface area (Å²) in [6, 6.07) is 4.42. The Balaban J connectivity index is 2.39. The molecule has 0 aromatic heterocycles. The van der Waals surface area contributed by atoms with Crippen LogP contribution in [0, 0.1) is 0 Å². The van der Waals surface area contributed by atoms with Crippen LogP contribution in [0.3, 0.4) is 0 Å². The van der Waals surface area contributed by atoms with E-state index < -0.39 is 15.6 Å². The van der Waals surface area contributed by atoms with Gasteiger partial charge in [0, 0.05) is 30.7 Å². The minimum absolute atomic E-state index is 0.0186. The number of hydrogen-bond acceptors (Lipinski definition) is 5. The number of benzene rings is 1. The summed E-state index contributed by atoms with van der Waals surface area (Å²) in [6.45, 7) is 4.85. The van der Waals surface area contributed by atoms with E-state index in [1.165, 1.54) is 23.5 Å². The monoisotopic (exact) mass is 355 g/mol. The topological polar surface area (TPSA) is 102 Å². The molecule has 1 amide bonds. The second-order valence-electron chi connectivity index (χ2n) is 6.52. The average Bonchev–Trinajstić information content (AvgIpc) is 3.09. The van der Waals surface area contributed by atoms with E-state index in [-0.39, 0.29) is 28.7 Å². The second-order valence-corrected chi connectivity index (χ2v) is 8.43. The average molecular weight is 355 g/mol. The number of carbonyl (C=O) groups is 1. The molecule has 0 radical (unpaired) electrons. The lowest BCUT2D eigenvalue weighted by Gasteiger charge is -2.24. The Morgan fingerprint density at radius 1 is 1.33 bits per heavy atom. The largest absolute Gasteiger partial charge is 0.495 e. The first kappa shape index (κ1) is 18.7. The number of hydrogen-bond donors (Lipinski definition) is 2. The fraction of sp³-hybridized carbons (Fsp3) is 0.562. The molecule has 0 saturated carbocycles. The lowest BCUT2D eigenvalue weighted by atomic mass is 10.1. The van der Waals surface area contributed by atoms with Gasteiger partial charge < -0.3 is 15.8 Å². The molecule has 1 saturated heterocycles. The van der Waals surface area contributed by atoms with Gasteiger partial charge >= 0.3 is 0 Å². The van der Waals surface area contributed by atoms with Crippen molar-refractivity contribution in [3.63, 3.8) is 0 Å². The van der Waals surface area contributed by atoms with Crippen molar-refractivity contribution in [2.24, 2.45) is 5.73 Å². The van der Waals surface area contributed by atoms with Gasteiger partial charge in [0.15, 0.2) is 0 Å². The highest BCUT2D eigenvalue weighted by molar-refractivity contribution is 7.89. The summed E-state index contributed by atoms with van der Waals surface area (Å²) in [5, 5.41) is 2.79. The van der Waals surface area contributed by atoms with Gasteiger partial charge in [-0.2, -0.15) is 4.31 Å². The van der Waals surface area contributed by atoms with Crippen molar-refractivity contribution >= 4 is 15.9 Å². The van der Waals surface area contributed by atoms with Crippen molar-refractivity contribution < 1.29 is 17.9 Å². The zero-order chi connectivity index (χ0) is 18.0. The molecule has 134 valence electrons. The first-order chi connectivity index (χ1) is 11.2. The van der Waals surface area contributed by atoms with Gasteiger partial charge in [-0.25, -0.2) is 8.42 Å². The van der Waals surface area contributed by atoms with Crippen LogP contribution in [0.25, 0.3) is 0 Å². The molecule has 1 fully saturated rings. The van der Waals surface area contributed by atoms with Gasteiger partial charge in [0.25, 0.3) is 5.91 Å². The highest BCUT2D eigenvalue weighted by Gasteiger charge is 2.31. The lowest BCUT2D eigenvalue weighted by molar-refractivity contribution is 0.0915. The van der Waals surface area contributed by atoms with Gasteiger partial charge in [-0.1, -0.05) is 0 Å². The van der Waals surface area contributed by atoms with Crippen molar-refractivity contribution in [1.82, 2.24) is 9.62 Å². The zero-order valence-corrected chi connectivity index (χ0v) is 15.1. The van der Waals surface area contributed by atoms with E-state index in [9.17, 15) is 13.2 Å². The summed E-state index contributed by atoms with van der Waals surface area (Å²) in [5.74, 6) is -0.137. The Labute approximate surface area is 143 Å². The molecule has 7 nitrogen and oxygen atoms in total. The molecule has 0 spiro atoms. The maximum Gasteiger partial charge on any atom is 0.251 e. The number of methoxy groups -OCH3 is 1. The van der Waals surface area contributed by atoms with Crippen LogP contribution in [-0.4, -0.2) is 50.9 Å². The Morgan fingerprint density at radius 2 is 1.96 bits per heavy atom. The number of ether oxygens (including phenoxy) is 1. The Kier molecular flexibility index (Phi) is 5.52. The molecule has 0 atom stereocenters. The van der Waals surface area contributed by atoms with E-state index in [1.54, 1.807) is 19.9 Å². The number of nitrogens with two attached hydrogens (primary N) is 1. The van der Waals surface area contributed by atoms with Gasteiger partial charge in [-0.3, -0.25) is 4.79 Å². The molecule has 1 heterocycles. The highest BCUT2D eigenvalue weighted by Crippen LogP contribution is 2.30. The summed E-state index contributed by atoms with van der Waals surface area (Å²) in [4.78, 5) is 12.4. The number of rotatable bonds is 6. The maximum atomic E-state index is 12.8. The smallest absolute Gasteiger partial charge is 0.251 e. The Hall–Kier alpha value is -1.64. The van der Waals surface area contributed by atoms with E-state index in [4.69, 9.17) is 10.5 Å². The number of sulfonamides is 1. The summed E-state index contributed by atoms with van der Waals surface area (Å²) >= 11 is 0. The fourth-order valence-corrected chi connectivity index (χ4v) is 4.22. The van der Waals surface area contributed by atoms with Crippen LogP contribution in [0.4, 0.5) is 0 Å². The third-order valence-electron chi connectivity index (χ3n) is 4.07. The molecule has 0 unspecified atom stereocenters. The maximum absolute atomic E-state index is 12.8. The SMILES string of the molecule is COc1ccc(C(=O)NC(C)(C)CN)cc1S(=O)(=O)N1CCCC1. The molecule has 24 heavy (non-hydrogen) atoms. The van der Waals surface area contributed by atoms with E-state index in [0.717, 1.165) is 12.8 Å². The molecule has 1 aromatic rings. The lowest BCUT2D eigenvalue weighted by Crippen LogP contribution is -2.48. The molecule has 1 aromatic carbocycles. The number of carbonyl (C=O) groups excluding carboxylic acids is 1. The molecule has 1 aliphatic rings. The fourth-order valence-electron chi connectivity index (χ4n) is 2.52. The van der Waals surface area contributed by atoms with Gasteiger partial charge in [0.05, 0.1) is 7.11 Å². The van der Waals surface area contributed by atoms with Crippen LogP contribution >= 0.6 is 0 Å². The summed E-state index contributed by atoms with van der Waals surface area (Å²) in [6.07, 6.45) is 1.68. The quantitative estimate of drug-likeness (QED) is 0.791. The predicted molar refractivity (Wildman–Crippen MR) is 91.6 cm³/mol. The molecule has 8 heteroatoms. The van der Waals surface area contributed by atoms with E-state index >= 15 is 0 Å². The Morgan fingerprint density at radius 3 is 2.50 bits per heavy atom. The predicted octanol–water partition coefficient (Wildman–Crippen LogP) is 0.947. The van der Waals surface area contributed by atoms with Crippen LogP contribution in [-0.2, 0) is 10.0 Å². The molecule has 0 aliphatic carbocycles. The van der Waals surface area contributed by atoms with Crippen molar-refractivity contribution in [2.75, 3.05) is 26.7 Å². The van der Waals surface area contributed by atoms with Crippen LogP contribution in [0.2, 0.25) is 0 Å². The second kappa shape index (κ2) is 7.08. The highest BCUT2D eigenvalue weighted by atomic mass is 32.2. The van der Waals surface area contributed by atoms with Gasteiger partial charge in [0.1, 0.15) is 10.6 Å². The zero-order valence-electron chi connectivity index (χ0n) is 14.3. The third kappa shape index (κ3) is 3.88. The van der Waals surface area contributed by atoms with Gasteiger partial charge in [0.2, 0.25) is 10.0 Å². The van der Waals surface area contributed by atoms with E-state index in [2.05, 4.69) is 5.32 Å². The minimum Gasteiger partial charge on any atom is -0.495 e. The number of nitrogens with one attached hydrogen (secondary N) is 1. The van der Waals surface area contributed by atoms with Crippen LogP contribution in [0.1, 0.15) is 37.0 Å². The van der Waals surface area contributed by atoms with Crippen molar-refractivity contribution in [2.45, 2.75) is 37.1 Å². The standard InChI is InChI=1S/C16H25N3O4S/c1-16(2,11-17)18-15(20)12-6-7-13(23-3)14(10-12)24(21,22)19-8-4-5-9-19/h6-7,10H,4-5,8-9,11,17H2,1-3H3,(H,18,20). The summed E-state index contributed by atoms with van der Waals surface area (Å²) < 4.78 is 32.3. The number of nitrogens with zero attached hydrogens (tertiary/aromatic N) is 1. The molecule has 1 aliphatic heterocycles. The normalized spacial score (nSPS) is 16.2. The third-order valence-corrected chi connectivity index (χ3v) is 5.99. The first-order valence-corrected chi connectivity index (χ1v) is 9.36. The van der Waals surface area contributed by atoms with E-state index in [1.807, 2.05) is 0 Å². The molecule has 2 rings (SSSR count). The minimum atomic E-state index is -3.68. The molecule has 3 N–H and O–H groups in total. The van der Waals surface area contributed by atoms with Crippen LogP contribution in [0.5, 0.6) is 5.75 Å². The Bertz CT molecular complexity index is 710. The van der Waals surface area contributed by atoms with Crippen molar-refractivity contribution in [1.29, 1.82) is 0 Å². The summed E-state index contributed by atoms with van der Waals surface area (Å²) in [7, 11) is -2.27.